The Morgan fingerprint density at radius 3 is 2.83 bits per heavy atom. The summed E-state index contributed by atoms with van der Waals surface area (Å²) < 4.78 is 1.21. The van der Waals surface area contributed by atoms with Crippen molar-refractivity contribution < 1.29 is 4.79 Å². The first-order chi connectivity index (χ1) is 11.1. The maximum atomic E-state index is 12.1. The molecule has 0 aliphatic carbocycles. The van der Waals surface area contributed by atoms with Gasteiger partial charge in [-0.25, -0.2) is 15.0 Å². The quantitative estimate of drug-likeness (QED) is 0.732. The fourth-order valence-electron chi connectivity index (χ4n) is 2.37. The number of aromatic nitrogens is 3. The van der Waals surface area contributed by atoms with Crippen molar-refractivity contribution in [3.8, 4) is 0 Å². The second kappa shape index (κ2) is 6.83. The fraction of sp³-hybridized carbons (Fsp3) is 0.294. The molecule has 0 aliphatic rings. The number of hydrogen-bond acceptors (Lipinski definition) is 5. The average Bonchev–Trinajstić information content (AvgIpc) is 2.94. The van der Waals surface area contributed by atoms with Crippen molar-refractivity contribution in [2.24, 2.45) is 0 Å². The van der Waals surface area contributed by atoms with Crippen LogP contribution < -0.4 is 5.32 Å². The number of carbonyl (C=O) groups excluding carboxylic acids is 1. The molecule has 23 heavy (non-hydrogen) atoms. The lowest BCUT2D eigenvalue weighted by atomic mass is 10.2. The number of amides is 1. The number of benzene rings is 1. The first-order valence-electron chi connectivity index (χ1n) is 7.56. The number of nitrogens with zero attached hydrogens (tertiary/aromatic N) is 3. The van der Waals surface area contributed by atoms with E-state index in [4.69, 9.17) is 0 Å². The lowest BCUT2D eigenvalue weighted by molar-refractivity contribution is 0.0951. The first-order valence-corrected chi connectivity index (χ1v) is 8.38. The highest BCUT2D eigenvalue weighted by atomic mass is 32.1. The molecule has 2 heterocycles. The Balaban J connectivity index is 1.52. The molecular weight excluding hydrogens is 308 g/mol. The molecule has 0 bridgehead atoms. The number of aryl methyl sites for hydroxylation is 3. The van der Waals surface area contributed by atoms with Crippen LogP contribution in [-0.4, -0.2) is 27.4 Å². The number of fused-ring (bicyclic) bond motifs is 1. The molecular formula is C17H18N4OS. The minimum Gasteiger partial charge on any atom is -0.352 e. The summed E-state index contributed by atoms with van der Waals surface area (Å²) in [7, 11) is 0. The van der Waals surface area contributed by atoms with Crippen molar-refractivity contribution in [3.63, 3.8) is 0 Å². The van der Waals surface area contributed by atoms with Gasteiger partial charge in [0.1, 0.15) is 5.82 Å². The Kier molecular flexibility index (Phi) is 4.62. The molecule has 0 saturated carbocycles. The standard InChI is InChI=1S/C17H18N4OS/c1-11-13(10-19-12(2)20-11)17(22)18-9-5-8-16-21-14-6-3-4-7-15(14)23-16/h3-4,6-7,10H,5,8-9H2,1-2H3,(H,18,22). The number of rotatable bonds is 5. The summed E-state index contributed by atoms with van der Waals surface area (Å²) in [6, 6.07) is 8.13. The van der Waals surface area contributed by atoms with Crippen LogP contribution in [0, 0.1) is 13.8 Å². The van der Waals surface area contributed by atoms with E-state index in [9.17, 15) is 4.79 Å². The van der Waals surface area contributed by atoms with E-state index in [-0.39, 0.29) is 5.91 Å². The van der Waals surface area contributed by atoms with E-state index in [1.54, 1.807) is 17.5 Å². The molecule has 6 heteroatoms. The second-order valence-corrected chi connectivity index (χ2v) is 6.47. The molecule has 1 N–H and O–H groups in total. The Labute approximate surface area is 138 Å². The van der Waals surface area contributed by atoms with Gasteiger partial charge in [0.15, 0.2) is 0 Å². The van der Waals surface area contributed by atoms with Gasteiger partial charge in [-0.1, -0.05) is 12.1 Å². The van der Waals surface area contributed by atoms with Crippen LogP contribution >= 0.6 is 11.3 Å². The molecule has 3 rings (SSSR count). The zero-order valence-corrected chi connectivity index (χ0v) is 14.0. The molecule has 1 aromatic carbocycles. The van der Waals surface area contributed by atoms with Crippen LogP contribution in [0.25, 0.3) is 10.2 Å². The van der Waals surface area contributed by atoms with E-state index in [0.717, 1.165) is 23.4 Å². The van der Waals surface area contributed by atoms with Crippen molar-refractivity contribution in [2.75, 3.05) is 6.54 Å². The van der Waals surface area contributed by atoms with E-state index in [2.05, 4.69) is 26.3 Å². The van der Waals surface area contributed by atoms with E-state index < -0.39 is 0 Å². The average molecular weight is 326 g/mol. The maximum absolute atomic E-state index is 12.1. The predicted molar refractivity (Wildman–Crippen MR) is 91.8 cm³/mol. The van der Waals surface area contributed by atoms with Gasteiger partial charge in [-0.3, -0.25) is 4.79 Å². The van der Waals surface area contributed by atoms with Crippen LogP contribution in [0.2, 0.25) is 0 Å². The summed E-state index contributed by atoms with van der Waals surface area (Å²) in [6.07, 6.45) is 3.31. The van der Waals surface area contributed by atoms with E-state index in [1.807, 2.05) is 32.0 Å². The predicted octanol–water partition coefficient (Wildman–Crippen LogP) is 3.07. The zero-order chi connectivity index (χ0) is 16.2. The number of para-hydroxylation sites is 1. The highest BCUT2D eigenvalue weighted by Crippen LogP contribution is 2.22. The molecule has 2 aromatic heterocycles. The Morgan fingerprint density at radius 1 is 1.22 bits per heavy atom. The molecule has 1 amide bonds. The minimum absolute atomic E-state index is 0.119. The molecule has 118 valence electrons. The fourth-order valence-corrected chi connectivity index (χ4v) is 3.38. The third-order valence-electron chi connectivity index (χ3n) is 3.54. The lowest BCUT2D eigenvalue weighted by Crippen LogP contribution is -2.26. The molecule has 3 aromatic rings. The van der Waals surface area contributed by atoms with Crippen molar-refractivity contribution in [1.82, 2.24) is 20.3 Å². The number of hydrogen-bond donors (Lipinski definition) is 1. The molecule has 0 radical (unpaired) electrons. The van der Waals surface area contributed by atoms with Crippen LogP contribution in [0.15, 0.2) is 30.5 Å². The van der Waals surface area contributed by atoms with Crippen LogP contribution in [0.1, 0.15) is 33.3 Å². The van der Waals surface area contributed by atoms with Gasteiger partial charge in [0, 0.05) is 19.2 Å². The van der Waals surface area contributed by atoms with Crippen molar-refractivity contribution >= 4 is 27.5 Å². The number of carbonyl (C=O) groups is 1. The van der Waals surface area contributed by atoms with E-state index in [0.29, 0.717) is 23.6 Å². The van der Waals surface area contributed by atoms with Gasteiger partial charge in [-0.05, 0) is 32.4 Å². The summed E-state index contributed by atoms with van der Waals surface area (Å²) in [5.41, 5.74) is 2.29. The maximum Gasteiger partial charge on any atom is 0.254 e. The number of thiazole rings is 1. The third-order valence-corrected chi connectivity index (χ3v) is 4.63. The minimum atomic E-state index is -0.119. The summed E-state index contributed by atoms with van der Waals surface area (Å²) >= 11 is 1.71. The SMILES string of the molecule is Cc1ncc(C(=O)NCCCc2nc3ccccc3s2)c(C)n1. The third kappa shape index (κ3) is 3.71. The molecule has 5 nitrogen and oxygen atoms in total. The molecule has 0 atom stereocenters. The van der Waals surface area contributed by atoms with Gasteiger partial charge < -0.3 is 5.32 Å². The smallest absolute Gasteiger partial charge is 0.254 e. The molecule has 0 fully saturated rings. The van der Waals surface area contributed by atoms with Crippen LogP contribution in [0.5, 0.6) is 0 Å². The normalized spacial score (nSPS) is 10.9. The van der Waals surface area contributed by atoms with Crippen LogP contribution in [0.4, 0.5) is 0 Å². The summed E-state index contributed by atoms with van der Waals surface area (Å²) in [4.78, 5) is 25.0. The van der Waals surface area contributed by atoms with Crippen molar-refractivity contribution in [1.29, 1.82) is 0 Å². The first kappa shape index (κ1) is 15.6. The van der Waals surface area contributed by atoms with Crippen molar-refractivity contribution in [2.45, 2.75) is 26.7 Å². The van der Waals surface area contributed by atoms with Crippen LogP contribution in [0.3, 0.4) is 0 Å². The summed E-state index contributed by atoms with van der Waals surface area (Å²) in [5, 5.41) is 4.03. The highest BCUT2D eigenvalue weighted by molar-refractivity contribution is 7.18. The van der Waals surface area contributed by atoms with Gasteiger partial charge >= 0.3 is 0 Å². The molecule has 0 unspecified atom stereocenters. The van der Waals surface area contributed by atoms with Gasteiger partial charge in [0.2, 0.25) is 0 Å². The monoisotopic (exact) mass is 326 g/mol. The zero-order valence-electron chi connectivity index (χ0n) is 13.2. The molecule has 0 aliphatic heterocycles. The summed E-state index contributed by atoms with van der Waals surface area (Å²) in [6.45, 7) is 4.25. The Morgan fingerprint density at radius 2 is 2.04 bits per heavy atom. The largest absolute Gasteiger partial charge is 0.352 e. The summed E-state index contributed by atoms with van der Waals surface area (Å²) in [5.74, 6) is 0.557. The Bertz CT molecular complexity index is 810. The van der Waals surface area contributed by atoms with Gasteiger partial charge in [-0.15, -0.1) is 11.3 Å². The van der Waals surface area contributed by atoms with E-state index >= 15 is 0 Å². The second-order valence-electron chi connectivity index (χ2n) is 5.35. The van der Waals surface area contributed by atoms with Crippen LogP contribution in [-0.2, 0) is 6.42 Å². The van der Waals surface area contributed by atoms with Gasteiger partial charge in [0.25, 0.3) is 5.91 Å². The molecule has 0 spiro atoms. The van der Waals surface area contributed by atoms with Gasteiger partial charge in [0.05, 0.1) is 26.5 Å². The van der Waals surface area contributed by atoms with E-state index in [1.165, 1.54) is 4.70 Å². The topological polar surface area (TPSA) is 67.8 Å². The molecule has 0 saturated heterocycles. The van der Waals surface area contributed by atoms with Crippen molar-refractivity contribution in [3.05, 3.63) is 52.6 Å². The number of nitrogens with one attached hydrogen (secondary N) is 1. The Hall–Kier alpha value is -2.34. The highest BCUT2D eigenvalue weighted by Gasteiger charge is 2.10. The lowest BCUT2D eigenvalue weighted by Gasteiger charge is -2.06. The van der Waals surface area contributed by atoms with Gasteiger partial charge in [-0.2, -0.15) is 0 Å².